The van der Waals surface area contributed by atoms with Crippen molar-refractivity contribution in [2.45, 2.75) is 0 Å². The SMILES string of the molecule is c1cc(-c2ccc3c(-n4c5ccccc5c5c(-c6ccc7c(c6)c6ccccc6n7-c6cccc7ccccc67)cc6sc7ccccc7c6c54)cccc3c2)c2ccc(-n3c4ccccc4c4cc(-c5cc6sc7ccccc7c6c6c5c5ccccc5n6-c5cccc6ccccc56)ccc43)cc2c1. The predicted octanol–water partition coefficient (Wildman–Crippen LogP) is 28.4. The van der Waals surface area contributed by atoms with Crippen LogP contribution in [0.2, 0.25) is 0 Å². The van der Waals surface area contributed by atoms with Crippen molar-refractivity contribution < 1.29 is 0 Å². The zero-order valence-corrected chi connectivity index (χ0v) is 58.7. The summed E-state index contributed by atoms with van der Waals surface area (Å²) in [7, 11) is 0. The monoisotopic (exact) mass is 1380 g/mol. The number of benzene rings is 18. The van der Waals surface area contributed by atoms with E-state index in [4.69, 9.17) is 0 Å². The van der Waals surface area contributed by atoms with Crippen molar-refractivity contribution in [3.8, 4) is 56.1 Å². The molecule has 0 saturated carbocycles. The van der Waals surface area contributed by atoms with Crippen molar-refractivity contribution in [3.63, 3.8) is 0 Å². The molecule has 6 heterocycles. The molecule has 6 heteroatoms. The molecule has 6 aromatic heterocycles. The topological polar surface area (TPSA) is 19.7 Å². The highest BCUT2D eigenvalue weighted by Gasteiger charge is 2.27. The molecule has 0 unspecified atom stereocenters. The lowest BCUT2D eigenvalue weighted by molar-refractivity contribution is 1.19. The molecule has 24 rings (SSSR count). The molecule has 0 spiro atoms. The van der Waals surface area contributed by atoms with Crippen molar-refractivity contribution in [2.75, 3.05) is 0 Å². The summed E-state index contributed by atoms with van der Waals surface area (Å²) in [5.74, 6) is 0. The predicted molar refractivity (Wildman–Crippen MR) is 456 cm³/mol. The van der Waals surface area contributed by atoms with Crippen LogP contribution in [0.25, 0.3) is 227 Å². The van der Waals surface area contributed by atoms with Crippen LogP contribution in [0.1, 0.15) is 0 Å². The van der Waals surface area contributed by atoms with Gasteiger partial charge in [-0.3, -0.25) is 0 Å². The van der Waals surface area contributed by atoms with E-state index in [0.29, 0.717) is 0 Å². The van der Waals surface area contributed by atoms with E-state index in [1.165, 1.54) is 215 Å². The van der Waals surface area contributed by atoms with E-state index in [9.17, 15) is 0 Å². The van der Waals surface area contributed by atoms with Crippen molar-refractivity contribution in [1.82, 2.24) is 18.3 Å². The number of aromatic nitrogens is 4. The summed E-state index contributed by atoms with van der Waals surface area (Å²) in [5, 5.41) is 24.8. The summed E-state index contributed by atoms with van der Waals surface area (Å²) in [6, 6.07) is 132. The van der Waals surface area contributed by atoms with Crippen LogP contribution in [0.4, 0.5) is 0 Å². The lowest BCUT2D eigenvalue weighted by Crippen LogP contribution is -1.96. The Labute approximate surface area is 615 Å². The van der Waals surface area contributed by atoms with E-state index in [-0.39, 0.29) is 0 Å². The molecule has 0 amide bonds. The van der Waals surface area contributed by atoms with Gasteiger partial charge in [-0.2, -0.15) is 0 Å². The second-order valence-corrected chi connectivity index (χ2v) is 30.7. The first-order chi connectivity index (χ1) is 52.6. The maximum Gasteiger partial charge on any atom is 0.0640 e. The third kappa shape index (κ3) is 8.17. The molecule has 0 saturated heterocycles. The quantitative estimate of drug-likeness (QED) is 0.152. The van der Waals surface area contributed by atoms with E-state index >= 15 is 0 Å². The number of nitrogens with zero attached hydrogens (tertiary/aromatic N) is 4. The molecule has 24 aromatic rings. The molecule has 106 heavy (non-hydrogen) atoms. The lowest BCUT2D eigenvalue weighted by atomic mass is 9.95. The fourth-order valence-electron chi connectivity index (χ4n) is 18.6. The molecule has 4 nitrogen and oxygen atoms in total. The Morgan fingerprint density at radius 1 is 0.179 bits per heavy atom. The van der Waals surface area contributed by atoms with Crippen LogP contribution in [0.5, 0.6) is 0 Å². The van der Waals surface area contributed by atoms with Crippen LogP contribution >= 0.6 is 22.7 Å². The van der Waals surface area contributed by atoms with Gasteiger partial charge in [0.05, 0.1) is 61.2 Å². The van der Waals surface area contributed by atoms with Crippen molar-refractivity contribution >= 4 is 193 Å². The maximum atomic E-state index is 2.59. The number of fused-ring (bicyclic) bond motifs is 24. The summed E-state index contributed by atoms with van der Waals surface area (Å²) in [4.78, 5) is 0. The fraction of sp³-hybridized carbons (Fsp3) is 0. The van der Waals surface area contributed by atoms with Crippen LogP contribution in [0.3, 0.4) is 0 Å². The minimum Gasteiger partial charge on any atom is -0.309 e. The molecule has 0 aliphatic rings. The van der Waals surface area contributed by atoms with Crippen molar-refractivity contribution in [2.24, 2.45) is 0 Å². The molecule has 0 fully saturated rings. The van der Waals surface area contributed by atoms with Gasteiger partial charge in [0.15, 0.2) is 0 Å². The number of hydrogen-bond donors (Lipinski definition) is 0. The lowest BCUT2D eigenvalue weighted by Gasteiger charge is -2.15. The second kappa shape index (κ2) is 22.1. The zero-order valence-electron chi connectivity index (χ0n) is 57.1. The molecule has 0 aliphatic heterocycles. The van der Waals surface area contributed by atoms with Gasteiger partial charge >= 0.3 is 0 Å². The van der Waals surface area contributed by atoms with E-state index < -0.39 is 0 Å². The van der Waals surface area contributed by atoms with E-state index in [1.807, 2.05) is 22.7 Å². The molecule has 0 N–H and O–H groups in total. The zero-order chi connectivity index (χ0) is 69.0. The number of para-hydroxylation sites is 4. The van der Waals surface area contributed by atoms with E-state index in [1.54, 1.807) is 0 Å². The van der Waals surface area contributed by atoms with Crippen LogP contribution < -0.4 is 0 Å². The Kier molecular flexibility index (Phi) is 12.1. The molecule has 0 bridgehead atoms. The second-order valence-electron chi connectivity index (χ2n) is 28.5. The van der Waals surface area contributed by atoms with Crippen molar-refractivity contribution in [3.05, 3.63) is 352 Å². The van der Waals surface area contributed by atoms with Gasteiger partial charge in [0.25, 0.3) is 0 Å². The van der Waals surface area contributed by atoms with Crippen molar-refractivity contribution in [1.29, 1.82) is 0 Å². The first-order valence-corrected chi connectivity index (χ1v) is 38.1. The summed E-state index contributed by atoms with van der Waals surface area (Å²) in [6.07, 6.45) is 0. The van der Waals surface area contributed by atoms with Crippen LogP contribution in [-0.4, -0.2) is 18.3 Å². The Morgan fingerprint density at radius 2 is 0.547 bits per heavy atom. The normalized spacial score (nSPS) is 12.3. The van der Waals surface area contributed by atoms with E-state index in [0.717, 1.165) is 11.4 Å². The molecule has 490 valence electrons. The summed E-state index contributed by atoms with van der Waals surface area (Å²) in [6.45, 7) is 0. The van der Waals surface area contributed by atoms with Crippen LogP contribution in [0.15, 0.2) is 352 Å². The molecule has 0 atom stereocenters. The standard InChI is InChI=1S/C100H58N4S2/c1-3-27-69-59(21-1)23-18-40-82(69)102-86-37-12-6-30-73(86)81-56-65(47-52-90(81)102)79-58-94-98(77-34-10-16-44-92(77)106-94)100-96(79)75-32-8-14-39-88(75)104(100)84-42-20-26-61-53-63(45-49-71(61)84)67-35-17-25-62-54-66(48-50-68(62)67)101-85-36-11-5-29-72(85)80-55-64(46-51-89(80)101)78-57-93-97(76-33-9-15-43-91(76)105-93)99-95(78)74-31-7-13-38-87(74)103(99)83-41-19-24-60-22-2-4-28-70(60)83/h1-58H. The van der Waals surface area contributed by atoms with Gasteiger partial charge in [-0.1, -0.05) is 243 Å². The highest BCUT2D eigenvalue weighted by Crippen LogP contribution is 2.52. The van der Waals surface area contributed by atoms with Crippen LogP contribution in [-0.2, 0) is 0 Å². The van der Waals surface area contributed by atoms with Crippen LogP contribution in [0, 0.1) is 0 Å². The number of hydrogen-bond acceptors (Lipinski definition) is 2. The molecular weight excluding hydrogens is 1320 g/mol. The molecule has 0 radical (unpaired) electrons. The molecule has 18 aromatic carbocycles. The average Bonchev–Trinajstić information content (AvgIpc) is 1.54. The third-order valence-corrected chi connectivity index (χ3v) is 25.3. The largest absolute Gasteiger partial charge is 0.309 e. The smallest absolute Gasteiger partial charge is 0.0640 e. The summed E-state index contributed by atoms with van der Waals surface area (Å²) >= 11 is 3.79. The Morgan fingerprint density at radius 3 is 1.09 bits per heavy atom. The first-order valence-electron chi connectivity index (χ1n) is 36.5. The van der Waals surface area contributed by atoms with Gasteiger partial charge in [-0.05, 0) is 170 Å². The third-order valence-electron chi connectivity index (χ3n) is 23.1. The van der Waals surface area contributed by atoms with Gasteiger partial charge in [0, 0.05) is 105 Å². The molecule has 0 aliphatic carbocycles. The van der Waals surface area contributed by atoms with Gasteiger partial charge in [0.2, 0.25) is 0 Å². The van der Waals surface area contributed by atoms with Gasteiger partial charge in [-0.15, -0.1) is 22.7 Å². The Balaban J connectivity index is 0.644. The first kappa shape index (κ1) is 58.2. The fourth-order valence-corrected chi connectivity index (χ4v) is 20.9. The van der Waals surface area contributed by atoms with Gasteiger partial charge in [0.1, 0.15) is 0 Å². The summed E-state index contributed by atoms with van der Waals surface area (Å²) in [5.41, 5.74) is 21.6. The Bertz CT molecular complexity index is 7970. The van der Waals surface area contributed by atoms with Gasteiger partial charge < -0.3 is 18.3 Å². The minimum absolute atomic E-state index is 1.13. The maximum absolute atomic E-state index is 2.59. The molecular formula is C100H58N4S2. The average molecular weight is 1380 g/mol. The highest BCUT2D eigenvalue weighted by atomic mass is 32.1. The number of rotatable bonds is 7. The van der Waals surface area contributed by atoms with Gasteiger partial charge in [-0.25, -0.2) is 0 Å². The minimum atomic E-state index is 1.13. The number of thiophene rings is 2. The highest BCUT2D eigenvalue weighted by molar-refractivity contribution is 7.26. The van der Waals surface area contributed by atoms with E-state index in [2.05, 4.69) is 370 Å². The Hall–Kier alpha value is -13.4. The summed E-state index contributed by atoms with van der Waals surface area (Å²) < 4.78 is 15.2.